The highest BCUT2D eigenvalue weighted by atomic mass is 35.5. The summed E-state index contributed by atoms with van der Waals surface area (Å²) in [6.45, 7) is 7.52. The van der Waals surface area contributed by atoms with E-state index in [1.807, 2.05) is 0 Å². The van der Waals surface area contributed by atoms with Gasteiger partial charge in [-0.15, -0.1) is 11.6 Å². The zero-order valence-corrected chi connectivity index (χ0v) is 17.1. The van der Waals surface area contributed by atoms with Crippen LogP contribution in [0.15, 0.2) is 16.9 Å². The summed E-state index contributed by atoms with van der Waals surface area (Å²) in [5.41, 5.74) is 0.599. The lowest BCUT2D eigenvalue weighted by molar-refractivity contribution is 0.306. The van der Waals surface area contributed by atoms with E-state index in [0.717, 1.165) is 19.3 Å². The van der Waals surface area contributed by atoms with E-state index >= 15 is 0 Å². The minimum atomic E-state index is -0.104. The van der Waals surface area contributed by atoms with Crippen LogP contribution in [0.4, 0.5) is 0 Å². The summed E-state index contributed by atoms with van der Waals surface area (Å²) in [7, 11) is 0. The van der Waals surface area contributed by atoms with Crippen LogP contribution in [-0.2, 0) is 12.4 Å². The summed E-state index contributed by atoms with van der Waals surface area (Å²) in [6.07, 6.45) is 2.83. The number of benzene rings is 1. The minimum absolute atomic E-state index is 0.104. The average molecular weight is 405 g/mol. The first-order chi connectivity index (χ1) is 11.9. The standard InChI is InChI=1S/C19H24Cl3NO2/c1-4-5-8-25-18-13-9-15(21)16(22)10-14(13)19(24)23(17(18)11-20)7-6-12(2)3/h9-10,12H,4-8,11H2,1-3H3. The molecule has 0 saturated carbocycles. The smallest absolute Gasteiger partial charge is 0.258 e. The summed E-state index contributed by atoms with van der Waals surface area (Å²) in [5.74, 6) is 1.31. The molecule has 25 heavy (non-hydrogen) atoms. The molecular formula is C19H24Cl3NO2. The molecule has 0 aliphatic heterocycles. The Balaban J connectivity index is 2.71. The van der Waals surface area contributed by atoms with Crippen LogP contribution in [0.2, 0.25) is 10.0 Å². The van der Waals surface area contributed by atoms with Crippen LogP contribution in [0.1, 0.15) is 45.7 Å². The maximum Gasteiger partial charge on any atom is 0.258 e. The fourth-order valence-corrected chi connectivity index (χ4v) is 3.29. The number of alkyl halides is 1. The Hall–Kier alpha value is -0.900. The number of ether oxygens (including phenoxy) is 1. The third-order valence-corrected chi connectivity index (χ3v) is 5.14. The maximum atomic E-state index is 13.0. The zero-order chi connectivity index (χ0) is 18.6. The number of nitrogens with zero attached hydrogens (tertiary/aromatic N) is 1. The van der Waals surface area contributed by atoms with E-state index in [1.165, 1.54) is 0 Å². The third kappa shape index (κ3) is 4.64. The molecule has 0 bridgehead atoms. The molecule has 0 N–H and O–H groups in total. The van der Waals surface area contributed by atoms with E-state index in [0.29, 0.717) is 51.3 Å². The van der Waals surface area contributed by atoms with Gasteiger partial charge in [-0.3, -0.25) is 4.79 Å². The van der Waals surface area contributed by atoms with Gasteiger partial charge in [0.05, 0.1) is 33.6 Å². The molecule has 2 aromatic rings. The molecule has 1 aromatic heterocycles. The zero-order valence-electron chi connectivity index (χ0n) is 14.9. The fraction of sp³-hybridized carbons (Fsp3) is 0.526. The first-order valence-corrected chi connectivity index (χ1v) is 9.92. The Morgan fingerprint density at radius 3 is 2.36 bits per heavy atom. The minimum Gasteiger partial charge on any atom is -0.491 e. The second kappa shape index (κ2) is 9.16. The normalized spacial score (nSPS) is 11.5. The van der Waals surface area contributed by atoms with Crippen LogP contribution < -0.4 is 10.3 Å². The van der Waals surface area contributed by atoms with Crippen molar-refractivity contribution in [3.63, 3.8) is 0 Å². The molecule has 0 spiro atoms. The molecule has 1 aromatic carbocycles. The molecule has 2 rings (SSSR count). The third-order valence-electron chi connectivity index (χ3n) is 4.17. The quantitative estimate of drug-likeness (QED) is 0.383. The first-order valence-electron chi connectivity index (χ1n) is 8.63. The van der Waals surface area contributed by atoms with E-state index in [9.17, 15) is 4.79 Å². The van der Waals surface area contributed by atoms with E-state index in [2.05, 4.69) is 20.8 Å². The van der Waals surface area contributed by atoms with Crippen molar-refractivity contribution in [2.45, 2.75) is 52.5 Å². The molecule has 0 fully saturated rings. The average Bonchev–Trinajstić information content (AvgIpc) is 2.57. The largest absolute Gasteiger partial charge is 0.491 e. The van der Waals surface area contributed by atoms with Crippen LogP contribution in [0.5, 0.6) is 5.75 Å². The highest BCUT2D eigenvalue weighted by Gasteiger charge is 2.19. The maximum absolute atomic E-state index is 13.0. The van der Waals surface area contributed by atoms with Gasteiger partial charge in [0.1, 0.15) is 5.75 Å². The van der Waals surface area contributed by atoms with Gasteiger partial charge in [-0.25, -0.2) is 0 Å². The Bertz CT molecular complexity index is 800. The van der Waals surface area contributed by atoms with E-state index < -0.39 is 0 Å². The summed E-state index contributed by atoms with van der Waals surface area (Å²) >= 11 is 18.5. The van der Waals surface area contributed by atoms with Crippen molar-refractivity contribution >= 4 is 45.6 Å². The SMILES string of the molecule is CCCCOc1c(CCl)n(CCC(C)C)c(=O)c2cc(Cl)c(Cl)cc12. The Morgan fingerprint density at radius 2 is 1.80 bits per heavy atom. The van der Waals surface area contributed by atoms with E-state index in [1.54, 1.807) is 16.7 Å². The topological polar surface area (TPSA) is 31.2 Å². The number of aromatic nitrogens is 1. The molecule has 0 atom stereocenters. The summed E-state index contributed by atoms with van der Waals surface area (Å²) in [5, 5.41) is 1.94. The molecule has 0 amide bonds. The van der Waals surface area contributed by atoms with Gasteiger partial charge in [-0.1, -0.05) is 50.4 Å². The number of pyridine rings is 1. The lowest BCUT2D eigenvalue weighted by Gasteiger charge is -2.20. The number of halogens is 3. The van der Waals surface area contributed by atoms with Crippen molar-refractivity contribution in [1.82, 2.24) is 4.57 Å². The molecule has 0 unspecified atom stereocenters. The van der Waals surface area contributed by atoms with Crippen LogP contribution in [0.3, 0.4) is 0 Å². The highest BCUT2D eigenvalue weighted by Crippen LogP contribution is 2.34. The van der Waals surface area contributed by atoms with Gasteiger partial charge >= 0.3 is 0 Å². The summed E-state index contributed by atoms with van der Waals surface area (Å²) < 4.78 is 7.76. The predicted octanol–water partition coefficient (Wildman–Crippen LogP) is 6.27. The number of unbranched alkanes of at least 4 members (excludes halogenated alkanes) is 1. The Kier molecular flexibility index (Phi) is 7.48. The molecule has 6 heteroatoms. The van der Waals surface area contributed by atoms with Gasteiger partial charge < -0.3 is 9.30 Å². The van der Waals surface area contributed by atoms with Crippen molar-refractivity contribution in [1.29, 1.82) is 0 Å². The fourth-order valence-electron chi connectivity index (χ4n) is 2.69. The Labute approximate surface area is 163 Å². The van der Waals surface area contributed by atoms with Crippen LogP contribution in [0, 0.1) is 5.92 Å². The van der Waals surface area contributed by atoms with Crippen LogP contribution >= 0.6 is 34.8 Å². The van der Waals surface area contributed by atoms with Crippen molar-refractivity contribution in [3.8, 4) is 5.75 Å². The lowest BCUT2D eigenvalue weighted by atomic mass is 10.1. The number of rotatable bonds is 8. The number of fused-ring (bicyclic) bond motifs is 1. The Morgan fingerprint density at radius 1 is 1.16 bits per heavy atom. The second-order valence-corrected chi connectivity index (χ2v) is 7.64. The van der Waals surface area contributed by atoms with Gasteiger partial charge in [0, 0.05) is 11.9 Å². The van der Waals surface area contributed by atoms with Crippen molar-refractivity contribution in [2.75, 3.05) is 6.61 Å². The molecule has 3 nitrogen and oxygen atoms in total. The van der Waals surface area contributed by atoms with Gasteiger partial charge in [0.2, 0.25) is 0 Å². The second-order valence-electron chi connectivity index (χ2n) is 6.56. The van der Waals surface area contributed by atoms with Crippen molar-refractivity contribution in [3.05, 3.63) is 38.2 Å². The van der Waals surface area contributed by atoms with Crippen LogP contribution in [-0.4, -0.2) is 11.2 Å². The molecule has 0 radical (unpaired) electrons. The van der Waals surface area contributed by atoms with Crippen LogP contribution in [0.25, 0.3) is 10.8 Å². The van der Waals surface area contributed by atoms with Gasteiger partial charge in [-0.05, 0) is 30.9 Å². The van der Waals surface area contributed by atoms with Crippen molar-refractivity contribution in [2.24, 2.45) is 5.92 Å². The van der Waals surface area contributed by atoms with Crippen molar-refractivity contribution < 1.29 is 4.74 Å². The number of hydrogen-bond acceptors (Lipinski definition) is 2. The predicted molar refractivity (Wildman–Crippen MR) is 108 cm³/mol. The summed E-state index contributed by atoms with van der Waals surface area (Å²) in [4.78, 5) is 13.0. The monoisotopic (exact) mass is 403 g/mol. The van der Waals surface area contributed by atoms with Gasteiger partial charge in [0.25, 0.3) is 5.56 Å². The highest BCUT2D eigenvalue weighted by molar-refractivity contribution is 6.42. The van der Waals surface area contributed by atoms with E-state index in [4.69, 9.17) is 39.5 Å². The molecule has 0 saturated heterocycles. The summed E-state index contributed by atoms with van der Waals surface area (Å²) in [6, 6.07) is 3.32. The molecular weight excluding hydrogens is 381 g/mol. The molecule has 1 heterocycles. The van der Waals surface area contributed by atoms with Gasteiger partial charge in [-0.2, -0.15) is 0 Å². The first kappa shape index (κ1) is 20.4. The molecule has 0 aliphatic carbocycles. The van der Waals surface area contributed by atoms with Gasteiger partial charge in [0.15, 0.2) is 0 Å². The van der Waals surface area contributed by atoms with E-state index in [-0.39, 0.29) is 11.4 Å². The number of hydrogen-bond donors (Lipinski definition) is 0. The molecule has 0 aliphatic rings. The lowest BCUT2D eigenvalue weighted by Crippen LogP contribution is -2.25. The molecule has 138 valence electrons.